The summed E-state index contributed by atoms with van der Waals surface area (Å²) in [6.45, 7) is -0.234. The summed E-state index contributed by atoms with van der Waals surface area (Å²) in [6, 6.07) is 17.9. The molecular weight excluding hydrogens is 496 g/mol. The molecule has 0 radical (unpaired) electrons. The van der Waals surface area contributed by atoms with Crippen LogP contribution < -0.4 is 15.4 Å². The largest absolute Gasteiger partial charge is 0.482 e. The number of aryl methyl sites for hydroxylation is 1. The second kappa shape index (κ2) is 11.5. The Kier molecular flexibility index (Phi) is 8.02. The van der Waals surface area contributed by atoms with Gasteiger partial charge in [-0.1, -0.05) is 35.9 Å². The van der Waals surface area contributed by atoms with Crippen LogP contribution in [-0.4, -0.2) is 18.4 Å². The molecule has 4 rings (SSSR count). The number of nitrogens with one attached hydrogen (secondary N) is 2. The third-order valence-electron chi connectivity index (χ3n) is 5.56. The van der Waals surface area contributed by atoms with Crippen LogP contribution in [0, 0.1) is 22.7 Å². The van der Waals surface area contributed by atoms with Crippen LogP contribution in [0.1, 0.15) is 34.4 Å². The van der Waals surface area contributed by atoms with Crippen LogP contribution in [0.5, 0.6) is 5.75 Å². The molecule has 9 heteroatoms. The van der Waals surface area contributed by atoms with Crippen molar-refractivity contribution in [3.63, 3.8) is 0 Å². The van der Waals surface area contributed by atoms with E-state index in [1.54, 1.807) is 30.3 Å². The zero-order chi connectivity index (χ0) is 25.5. The molecular formula is C27H21ClN4O3S. The molecule has 7 nitrogen and oxygen atoms in total. The predicted octanol–water partition coefficient (Wildman–Crippen LogP) is 5.72. The number of rotatable bonds is 7. The number of fused-ring (bicyclic) bond motifs is 1. The molecule has 1 aliphatic rings. The van der Waals surface area contributed by atoms with Crippen molar-refractivity contribution in [3.05, 3.63) is 80.7 Å². The molecule has 2 N–H and O–H groups in total. The molecule has 180 valence electrons. The fourth-order valence-electron chi connectivity index (χ4n) is 3.84. The van der Waals surface area contributed by atoms with Gasteiger partial charge in [-0.05, 0) is 67.2 Å². The second-order valence-electron chi connectivity index (χ2n) is 8.04. The van der Waals surface area contributed by atoms with Gasteiger partial charge in [0.25, 0.3) is 11.8 Å². The van der Waals surface area contributed by atoms with E-state index in [0.717, 1.165) is 36.1 Å². The lowest BCUT2D eigenvalue weighted by molar-refractivity contribution is -0.118. The summed E-state index contributed by atoms with van der Waals surface area (Å²) in [6.07, 6.45) is 5.21. The molecule has 0 aliphatic heterocycles. The summed E-state index contributed by atoms with van der Waals surface area (Å²) in [5.41, 5.74) is 2.54. The fraction of sp³-hybridized carbons (Fsp3) is 0.185. The van der Waals surface area contributed by atoms with Gasteiger partial charge < -0.3 is 15.4 Å². The number of carbonyl (C=O) groups is 2. The Morgan fingerprint density at radius 1 is 1.08 bits per heavy atom. The summed E-state index contributed by atoms with van der Waals surface area (Å²) >= 11 is 7.70. The van der Waals surface area contributed by atoms with Crippen molar-refractivity contribution in [2.24, 2.45) is 0 Å². The first kappa shape index (κ1) is 25.0. The molecule has 0 saturated heterocycles. The van der Waals surface area contributed by atoms with E-state index in [1.807, 2.05) is 24.3 Å². The lowest BCUT2D eigenvalue weighted by Gasteiger charge is -2.09. The maximum atomic E-state index is 12.8. The quantitative estimate of drug-likeness (QED) is 0.308. The van der Waals surface area contributed by atoms with Crippen LogP contribution in [0.2, 0.25) is 5.02 Å². The summed E-state index contributed by atoms with van der Waals surface area (Å²) < 4.78 is 5.51. The number of nitrogens with zero attached hydrogens (tertiary/aromatic N) is 2. The number of anilines is 2. The number of nitriles is 2. The Labute approximate surface area is 217 Å². The summed E-state index contributed by atoms with van der Waals surface area (Å²) in [7, 11) is 0. The molecule has 1 aromatic heterocycles. The van der Waals surface area contributed by atoms with E-state index in [-0.39, 0.29) is 23.1 Å². The van der Waals surface area contributed by atoms with E-state index in [0.29, 0.717) is 27.6 Å². The van der Waals surface area contributed by atoms with Crippen LogP contribution in [0.4, 0.5) is 10.7 Å². The molecule has 0 spiro atoms. The Morgan fingerprint density at radius 3 is 2.58 bits per heavy atom. The number of para-hydroxylation sites is 1. The molecule has 3 aromatic rings. The number of thiophene rings is 1. The van der Waals surface area contributed by atoms with Crippen molar-refractivity contribution in [1.29, 1.82) is 10.5 Å². The van der Waals surface area contributed by atoms with Crippen LogP contribution in [0.3, 0.4) is 0 Å². The van der Waals surface area contributed by atoms with Gasteiger partial charge in [-0.3, -0.25) is 9.59 Å². The Balaban J connectivity index is 1.42. The van der Waals surface area contributed by atoms with Gasteiger partial charge in [-0.25, -0.2) is 0 Å². The predicted molar refractivity (Wildman–Crippen MR) is 140 cm³/mol. The molecule has 1 heterocycles. The number of amides is 2. The second-order valence-corrected chi connectivity index (χ2v) is 9.56. The van der Waals surface area contributed by atoms with Crippen molar-refractivity contribution >= 4 is 51.5 Å². The number of carbonyl (C=O) groups excluding carboxylic acids is 2. The lowest BCUT2D eigenvalue weighted by Crippen LogP contribution is -2.20. The maximum Gasteiger partial charge on any atom is 0.266 e. The monoisotopic (exact) mass is 516 g/mol. The SMILES string of the molecule is N#C/C(=C\c1ccc(OCC(=O)Nc2ccccc2)c(Cl)c1)C(=O)Nc1sc2c(c1C#N)CCCC2. The summed E-state index contributed by atoms with van der Waals surface area (Å²) in [4.78, 5) is 26.0. The topological polar surface area (TPSA) is 115 Å². The van der Waals surface area contributed by atoms with Crippen molar-refractivity contribution in [2.45, 2.75) is 25.7 Å². The molecule has 0 unspecified atom stereocenters. The molecule has 0 atom stereocenters. The van der Waals surface area contributed by atoms with Gasteiger partial charge in [0.2, 0.25) is 0 Å². The Hall–Kier alpha value is -4.11. The maximum absolute atomic E-state index is 12.8. The molecule has 2 aromatic carbocycles. The highest BCUT2D eigenvalue weighted by Gasteiger charge is 2.22. The molecule has 0 saturated carbocycles. The average molecular weight is 517 g/mol. The van der Waals surface area contributed by atoms with Gasteiger partial charge in [0, 0.05) is 10.6 Å². The summed E-state index contributed by atoms with van der Waals surface area (Å²) in [5.74, 6) is -0.638. The highest BCUT2D eigenvalue weighted by molar-refractivity contribution is 7.16. The number of hydrogen-bond acceptors (Lipinski definition) is 6. The van der Waals surface area contributed by atoms with Gasteiger partial charge in [0.15, 0.2) is 6.61 Å². The van der Waals surface area contributed by atoms with Crippen molar-refractivity contribution in [1.82, 2.24) is 0 Å². The minimum absolute atomic E-state index is 0.128. The minimum Gasteiger partial charge on any atom is -0.482 e. The zero-order valence-electron chi connectivity index (χ0n) is 19.1. The van der Waals surface area contributed by atoms with Gasteiger partial charge in [-0.2, -0.15) is 10.5 Å². The smallest absolute Gasteiger partial charge is 0.266 e. The molecule has 0 bridgehead atoms. The van der Waals surface area contributed by atoms with E-state index < -0.39 is 5.91 Å². The molecule has 2 amide bonds. The molecule has 36 heavy (non-hydrogen) atoms. The van der Waals surface area contributed by atoms with Crippen molar-refractivity contribution in [2.75, 3.05) is 17.2 Å². The number of hydrogen-bond donors (Lipinski definition) is 2. The van der Waals surface area contributed by atoms with Gasteiger partial charge in [-0.15, -0.1) is 11.3 Å². The first-order valence-corrected chi connectivity index (χ1v) is 12.4. The Bertz CT molecular complexity index is 1420. The van der Waals surface area contributed by atoms with E-state index in [4.69, 9.17) is 16.3 Å². The van der Waals surface area contributed by atoms with Crippen molar-refractivity contribution < 1.29 is 14.3 Å². The highest BCUT2D eigenvalue weighted by Crippen LogP contribution is 2.37. The summed E-state index contributed by atoms with van der Waals surface area (Å²) in [5, 5.41) is 25.3. The first-order valence-electron chi connectivity index (χ1n) is 11.2. The van der Waals surface area contributed by atoms with E-state index in [1.165, 1.54) is 17.4 Å². The standard InChI is InChI=1S/C27H21ClN4O3S/c28-22-13-17(10-11-23(22)35-16-25(33)31-19-6-2-1-3-7-19)12-18(14-29)26(34)32-27-21(15-30)20-8-4-5-9-24(20)36-27/h1-3,6-7,10-13H,4-5,8-9,16H2,(H,31,33)(H,32,34)/b18-12+. The number of halogens is 1. The number of benzene rings is 2. The van der Waals surface area contributed by atoms with Crippen LogP contribution >= 0.6 is 22.9 Å². The number of ether oxygens (including phenoxy) is 1. The third kappa shape index (κ3) is 5.92. The highest BCUT2D eigenvalue weighted by atomic mass is 35.5. The third-order valence-corrected chi connectivity index (χ3v) is 7.06. The van der Waals surface area contributed by atoms with Crippen molar-refractivity contribution in [3.8, 4) is 17.9 Å². The van der Waals surface area contributed by atoms with Gasteiger partial charge in [0.1, 0.15) is 28.5 Å². The Morgan fingerprint density at radius 2 is 1.86 bits per heavy atom. The van der Waals surface area contributed by atoms with E-state index in [2.05, 4.69) is 16.7 Å². The molecule has 1 aliphatic carbocycles. The van der Waals surface area contributed by atoms with Crippen LogP contribution in [0.25, 0.3) is 6.08 Å². The minimum atomic E-state index is -0.596. The van der Waals surface area contributed by atoms with Gasteiger partial charge >= 0.3 is 0 Å². The molecule has 0 fully saturated rings. The van der Waals surface area contributed by atoms with E-state index in [9.17, 15) is 20.1 Å². The zero-order valence-corrected chi connectivity index (χ0v) is 20.7. The normalized spacial score (nSPS) is 12.6. The fourth-order valence-corrected chi connectivity index (χ4v) is 5.32. The van der Waals surface area contributed by atoms with Crippen LogP contribution in [-0.2, 0) is 22.4 Å². The average Bonchev–Trinajstić information content (AvgIpc) is 3.24. The first-order chi connectivity index (χ1) is 17.5. The van der Waals surface area contributed by atoms with Crippen LogP contribution in [0.15, 0.2) is 54.1 Å². The van der Waals surface area contributed by atoms with Gasteiger partial charge in [0.05, 0.1) is 10.6 Å². The van der Waals surface area contributed by atoms with E-state index >= 15 is 0 Å². The lowest BCUT2D eigenvalue weighted by atomic mass is 9.96.